The average Bonchev–Trinajstić information content (AvgIpc) is 2.52. The molecule has 0 bridgehead atoms. The van der Waals surface area contributed by atoms with E-state index in [2.05, 4.69) is 11.8 Å². The molecule has 1 aromatic carbocycles. The molecular formula is C17H25NO3. The molecule has 4 nitrogen and oxygen atoms in total. The summed E-state index contributed by atoms with van der Waals surface area (Å²) in [7, 11) is 0. The highest BCUT2D eigenvalue weighted by atomic mass is 16.5. The minimum absolute atomic E-state index is 0.238. The van der Waals surface area contributed by atoms with Crippen LogP contribution in [0.1, 0.15) is 49.4 Å². The van der Waals surface area contributed by atoms with Gasteiger partial charge in [-0.2, -0.15) is 0 Å². The van der Waals surface area contributed by atoms with E-state index in [1.165, 1.54) is 32.2 Å². The molecule has 4 heteroatoms. The monoisotopic (exact) mass is 291 g/mol. The second-order valence-electron chi connectivity index (χ2n) is 5.60. The lowest BCUT2D eigenvalue weighted by Crippen LogP contribution is -2.40. The van der Waals surface area contributed by atoms with Crippen molar-refractivity contribution in [1.29, 1.82) is 0 Å². The van der Waals surface area contributed by atoms with Crippen LogP contribution in [-0.2, 0) is 0 Å². The van der Waals surface area contributed by atoms with E-state index >= 15 is 0 Å². The molecule has 1 aromatic rings. The number of rotatable bonds is 7. The summed E-state index contributed by atoms with van der Waals surface area (Å²) < 4.78 is 5.65. The summed E-state index contributed by atoms with van der Waals surface area (Å²) in [4.78, 5) is 13.6. The number of para-hydroxylation sites is 1. The minimum Gasteiger partial charge on any atom is -0.493 e. The second kappa shape index (κ2) is 8.03. The van der Waals surface area contributed by atoms with E-state index in [4.69, 9.17) is 9.84 Å². The SMILES string of the molecule is CC[C@H]1CCCCN1CCCOc1ccccc1C(=O)O. The highest BCUT2D eigenvalue weighted by Gasteiger charge is 2.20. The smallest absolute Gasteiger partial charge is 0.339 e. The van der Waals surface area contributed by atoms with Gasteiger partial charge in [0.25, 0.3) is 0 Å². The van der Waals surface area contributed by atoms with Gasteiger partial charge >= 0.3 is 5.97 Å². The van der Waals surface area contributed by atoms with Crippen molar-refractivity contribution >= 4 is 5.97 Å². The molecule has 1 aliphatic rings. The number of piperidine rings is 1. The predicted molar refractivity (Wildman–Crippen MR) is 83.0 cm³/mol. The second-order valence-corrected chi connectivity index (χ2v) is 5.60. The summed E-state index contributed by atoms with van der Waals surface area (Å²) in [5.41, 5.74) is 0.238. The van der Waals surface area contributed by atoms with Gasteiger partial charge in [-0.25, -0.2) is 4.79 Å². The summed E-state index contributed by atoms with van der Waals surface area (Å²) >= 11 is 0. The van der Waals surface area contributed by atoms with E-state index < -0.39 is 5.97 Å². The summed E-state index contributed by atoms with van der Waals surface area (Å²) in [6, 6.07) is 7.54. The van der Waals surface area contributed by atoms with Crippen molar-refractivity contribution in [2.24, 2.45) is 0 Å². The molecule has 116 valence electrons. The number of hydrogen-bond donors (Lipinski definition) is 1. The van der Waals surface area contributed by atoms with E-state index in [0.717, 1.165) is 13.0 Å². The number of likely N-dealkylation sites (tertiary alicyclic amines) is 1. The van der Waals surface area contributed by atoms with E-state index in [9.17, 15) is 4.79 Å². The topological polar surface area (TPSA) is 49.8 Å². The van der Waals surface area contributed by atoms with Crippen molar-refractivity contribution in [2.75, 3.05) is 19.7 Å². The Morgan fingerprint density at radius 3 is 2.95 bits per heavy atom. The predicted octanol–water partition coefficient (Wildman–Crippen LogP) is 3.42. The Labute approximate surface area is 126 Å². The zero-order valence-electron chi connectivity index (χ0n) is 12.8. The number of ether oxygens (including phenoxy) is 1. The first kappa shape index (κ1) is 15.8. The van der Waals surface area contributed by atoms with E-state index in [-0.39, 0.29) is 5.56 Å². The van der Waals surface area contributed by atoms with Crippen molar-refractivity contribution in [1.82, 2.24) is 4.90 Å². The largest absolute Gasteiger partial charge is 0.493 e. The van der Waals surface area contributed by atoms with Crippen LogP contribution in [0.4, 0.5) is 0 Å². The van der Waals surface area contributed by atoms with Crippen LogP contribution in [-0.4, -0.2) is 41.7 Å². The van der Waals surface area contributed by atoms with Gasteiger partial charge in [0.1, 0.15) is 11.3 Å². The van der Waals surface area contributed by atoms with Crippen LogP contribution in [0, 0.1) is 0 Å². The lowest BCUT2D eigenvalue weighted by molar-refractivity contribution is 0.0691. The quantitative estimate of drug-likeness (QED) is 0.782. The van der Waals surface area contributed by atoms with Crippen LogP contribution < -0.4 is 4.74 Å². The fourth-order valence-electron chi connectivity index (χ4n) is 3.04. The molecule has 0 aromatic heterocycles. The normalized spacial score (nSPS) is 19.4. The third-order valence-corrected chi connectivity index (χ3v) is 4.19. The molecule has 0 unspecified atom stereocenters. The first-order chi connectivity index (χ1) is 10.2. The Morgan fingerprint density at radius 2 is 2.19 bits per heavy atom. The van der Waals surface area contributed by atoms with Crippen molar-refractivity contribution in [3.63, 3.8) is 0 Å². The fourth-order valence-corrected chi connectivity index (χ4v) is 3.04. The van der Waals surface area contributed by atoms with Gasteiger partial charge in [-0.3, -0.25) is 0 Å². The lowest BCUT2D eigenvalue weighted by Gasteiger charge is -2.35. The molecule has 2 rings (SSSR count). The molecule has 0 aliphatic carbocycles. The lowest BCUT2D eigenvalue weighted by atomic mass is 10.00. The molecule has 21 heavy (non-hydrogen) atoms. The fraction of sp³-hybridized carbons (Fsp3) is 0.588. The third-order valence-electron chi connectivity index (χ3n) is 4.19. The molecule has 1 N–H and O–H groups in total. The third kappa shape index (κ3) is 4.46. The number of carbonyl (C=O) groups is 1. The molecule has 1 atom stereocenters. The summed E-state index contributed by atoms with van der Waals surface area (Å²) in [6.07, 6.45) is 6.09. The number of carboxylic acid groups (broad SMARTS) is 1. The first-order valence-corrected chi connectivity index (χ1v) is 7.91. The van der Waals surface area contributed by atoms with Crippen LogP contribution in [0.25, 0.3) is 0 Å². The van der Waals surface area contributed by atoms with Crippen LogP contribution in [0.3, 0.4) is 0 Å². The van der Waals surface area contributed by atoms with Gasteiger partial charge in [0.05, 0.1) is 6.61 Å². The maximum Gasteiger partial charge on any atom is 0.339 e. The molecule has 1 saturated heterocycles. The summed E-state index contributed by atoms with van der Waals surface area (Å²) in [5, 5.41) is 9.10. The Hall–Kier alpha value is -1.55. The van der Waals surface area contributed by atoms with Crippen LogP contribution in [0.2, 0.25) is 0 Å². The Morgan fingerprint density at radius 1 is 1.38 bits per heavy atom. The van der Waals surface area contributed by atoms with Crippen molar-refractivity contribution < 1.29 is 14.6 Å². The van der Waals surface area contributed by atoms with Crippen LogP contribution >= 0.6 is 0 Å². The van der Waals surface area contributed by atoms with Crippen molar-refractivity contribution in [3.05, 3.63) is 29.8 Å². The van der Waals surface area contributed by atoms with Crippen molar-refractivity contribution in [2.45, 2.75) is 45.1 Å². The van der Waals surface area contributed by atoms with E-state index in [1.54, 1.807) is 24.3 Å². The Balaban J connectivity index is 1.78. The highest BCUT2D eigenvalue weighted by Crippen LogP contribution is 2.20. The Bertz CT molecular complexity index is 461. The van der Waals surface area contributed by atoms with Crippen LogP contribution in [0.15, 0.2) is 24.3 Å². The number of aromatic carboxylic acids is 1. The highest BCUT2D eigenvalue weighted by molar-refractivity contribution is 5.90. The maximum absolute atomic E-state index is 11.1. The standard InChI is InChI=1S/C17H25NO3/c1-2-14-8-5-6-11-18(14)12-7-13-21-16-10-4-3-9-15(16)17(19)20/h3-4,9-10,14H,2,5-8,11-13H2,1H3,(H,19,20)/t14-/m0/s1. The zero-order valence-corrected chi connectivity index (χ0v) is 12.8. The average molecular weight is 291 g/mol. The number of benzene rings is 1. The number of carboxylic acids is 1. The number of nitrogens with zero attached hydrogens (tertiary/aromatic N) is 1. The minimum atomic E-state index is -0.937. The van der Waals surface area contributed by atoms with Gasteiger partial charge in [0, 0.05) is 12.6 Å². The zero-order chi connectivity index (χ0) is 15.1. The van der Waals surface area contributed by atoms with Gasteiger partial charge in [0.2, 0.25) is 0 Å². The molecule has 0 spiro atoms. The van der Waals surface area contributed by atoms with E-state index in [0.29, 0.717) is 18.4 Å². The van der Waals surface area contributed by atoms with Gasteiger partial charge in [-0.15, -0.1) is 0 Å². The molecule has 0 amide bonds. The molecule has 0 radical (unpaired) electrons. The first-order valence-electron chi connectivity index (χ1n) is 7.91. The molecule has 0 saturated carbocycles. The van der Waals surface area contributed by atoms with Crippen molar-refractivity contribution in [3.8, 4) is 5.75 Å². The molecule has 1 fully saturated rings. The van der Waals surface area contributed by atoms with Crippen LogP contribution in [0.5, 0.6) is 5.75 Å². The number of hydrogen-bond acceptors (Lipinski definition) is 3. The van der Waals surface area contributed by atoms with Gasteiger partial charge < -0.3 is 14.7 Å². The molecule has 1 aliphatic heterocycles. The summed E-state index contributed by atoms with van der Waals surface area (Å²) in [5.74, 6) is -0.469. The Kier molecular flexibility index (Phi) is 6.05. The van der Waals surface area contributed by atoms with Gasteiger partial charge in [-0.05, 0) is 44.4 Å². The van der Waals surface area contributed by atoms with Gasteiger partial charge in [0.15, 0.2) is 0 Å². The maximum atomic E-state index is 11.1. The van der Waals surface area contributed by atoms with E-state index in [1.807, 2.05) is 0 Å². The summed E-state index contributed by atoms with van der Waals surface area (Å²) in [6.45, 7) is 5.04. The molecular weight excluding hydrogens is 266 g/mol. The molecule has 1 heterocycles. The van der Waals surface area contributed by atoms with Gasteiger partial charge in [-0.1, -0.05) is 25.5 Å².